The molecular formula is C13H21F3N2OS. The molecule has 0 aromatic carbocycles. The average Bonchev–Trinajstić information content (AvgIpc) is 3.08. The molecule has 3 N–H and O–H groups in total. The van der Waals surface area contributed by atoms with E-state index in [1.807, 2.05) is 13.8 Å². The van der Waals surface area contributed by atoms with Gasteiger partial charge in [0.25, 0.3) is 0 Å². The molecule has 0 aromatic rings. The quantitative estimate of drug-likeness (QED) is 0.711. The Morgan fingerprint density at radius 1 is 1.25 bits per heavy atom. The molecule has 20 heavy (non-hydrogen) atoms. The summed E-state index contributed by atoms with van der Waals surface area (Å²) in [5, 5.41) is 2.17. The van der Waals surface area contributed by atoms with E-state index in [1.165, 1.54) is 0 Å². The molecule has 7 heteroatoms. The summed E-state index contributed by atoms with van der Waals surface area (Å²) in [6.45, 7) is 3.71. The van der Waals surface area contributed by atoms with E-state index in [0.717, 1.165) is 0 Å². The van der Waals surface area contributed by atoms with Crippen LogP contribution in [0.3, 0.4) is 0 Å². The molecule has 0 atom stereocenters. The zero-order chi connectivity index (χ0) is 15.6. The molecule has 1 amide bonds. The van der Waals surface area contributed by atoms with Crippen molar-refractivity contribution < 1.29 is 18.0 Å². The van der Waals surface area contributed by atoms with Crippen LogP contribution in [-0.2, 0) is 4.79 Å². The number of hydrogen-bond donors (Lipinski definition) is 2. The van der Waals surface area contributed by atoms with Crippen molar-refractivity contribution in [2.45, 2.75) is 64.1 Å². The van der Waals surface area contributed by atoms with Crippen LogP contribution >= 0.6 is 12.2 Å². The van der Waals surface area contributed by atoms with Crippen LogP contribution in [0.2, 0.25) is 0 Å². The summed E-state index contributed by atoms with van der Waals surface area (Å²) in [6.07, 6.45) is -2.58. The van der Waals surface area contributed by atoms with E-state index in [4.69, 9.17) is 18.0 Å². The van der Waals surface area contributed by atoms with Gasteiger partial charge in [0.1, 0.15) is 5.54 Å². The highest BCUT2D eigenvalue weighted by molar-refractivity contribution is 7.80. The van der Waals surface area contributed by atoms with Gasteiger partial charge in [0.05, 0.1) is 10.4 Å². The number of carbonyl (C=O) groups excluding carboxylic acids is 1. The van der Waals surface area contributed by atoms with E-state index >= 15 is 0 Å². The van der Waals surface area contributed by atoms with Crippen molar-refractivity contribution in [2.24, 2.45) is 11.1 Å². The van der Waals surface area contributed by atoms with Crippen molar-refractivity contribution in [1.29, 1.82) is 0 Å². The summed E-state index contributed by atoms with van der Waals surface area (Å²) in [4.78, 5) is 12.4. The smallest absolute Gasteiger partial charge is 0.392 e. The molecule has 0 aliphatic heterocycles. The van der Waals surface area contributed by atoms with E-state index in [9.17, 15) is 18.0 Å². The number of carbonyl (C=O) groups is 1. The van der Waals surface area contributed by atoms with Gasteiger partial charge < -0.3 is 11.1 Å². The molecule has 0 heterocycles. The number of halogens is 3. The Hall–Kier alpha value is -0.850. The predicted molar refractivity (Wildman–Crippen MR) is 75.2 cm³/mol. The Bertz CT molecular complexity index is 386. The van der Waals surface area contributed by atoms with Crippen molar-refractivity contribution in [2.75, 3.05) is 0 Å². The van der Waals surface area contributed by atoms with Gasteiger partial charge in [-0.1, -0.05) is 38.9 Å². The molecule has 1 saturated carbocycles. The van der Waals surface area contributed by atoms with Crippen LogP contribution in [0, 0.1) is 5.41 Å². The van der Waals surface area contributed by atoms with Crippen molar-refractivity contribution in [3.8, 4) is 0 Å². The minimum atomic E-state index is -4.43. The van der Waals surface area contributed by atoms with E-state index in [1.54, 1.807) is 0 Å². The molecule has 1 aliphatic carbocycles. The zero-order valence-electron chi connectivity index (χ0n) is 11.8. The van der Waals surface area contributed by atoms with Crippen LogP contribution in [0.1, 0.15) is 52.4 Å². The molecule has 0 aromatic heterocycles. The molecule has 1 rings (SSSR count). The third-order valence-corrected chi connectivity index (χ3v) is 4.30. The van der Waals surface area contributed by atoms with Crippen LogP contribution in [0.4, 0.5) is 13.2 Å². The number of nitrogens with two attached hydrogens (primary N) is 1. The highest BCUT2D eigenvalue weighted by Gasteiger charge is 2.65. The topological polar surface area (TPSA) is 55.1 Å². The standard InChI is InChI=1S/C13H21F3N2OS/c1-3-5-11(6-4-2,9(17)20)10(19)18-12(7-8-12)13(14,15)16/h3-8H2,1-2H3,(H2,17,20)(H,18,19). The first kappa shape index (κ1) is 17.2. The van der Waals surface area contributed by atoms with Crippen molar-refractivity contribution in [3.05, 3.63) is 0 Å². The van der Waals surface area contributed by atoms with Crippen LogP contribution in [0.5, 0.6) is 0 Å². The van der Waals surface area contributed by atoms with Gasteiger partial charge in [-0.2, -0.15) is 13.2 Å². The molecule has 0 unspecified atom stereocenters. The third-order valence-electron chi connectivity index (χ3n) is 3.91. The average molecular weight is 310 g/mol. The first-order chi connectivity index (χ1) is 9.15. The highest BCUT2D eigenvalue weighted by Crippen LogP contribution is 2.49. The number of rotatable bonds is 7. The first-order valence-electron chi connectivity index (χ1n) is 6.84. The molecule has 116 valence electrons. The van der Waals surface area contributed by atoms with Gasteiger partial charge in [-0.05, 0) is 25.7 Å². The summed E-state index contributed by atoms with van der Waals surface area (Å²) in [7, 11) is 0. The molecule has 1 fully saturated rings. The second-order valence-electron chi connectivity index (χ2n) is 5.48. The molecule has 3 nitrogen and oxygen atoms in total. The normalized spacial score (nSPS) is 17.6. The lowest BCUT2D eigenvalue weighted by Crippen LogP contribution is -2.56. The van der Waals surface area contributed by atoms with Gasteiger partial charge >= 0.3 is 6.18 Å². The molecule has 0 radical (unpaired) electrons. The van der Waals surface area contributed by atoms with Gasteiger partial charge in [0.15, 0.2) is 0 Å². The Labute approximate surface area is 122 Å². The van der Waals surface area contributed by atoms with Gasteiger partial charge in [-0.25, -0.2) is 0 Å². The lowest BCUT2D eigenvalue weighted by molar-refractivity contribution is -0.172. The minimum absolute atomic E-state index is 0.0170. The third kappa shape index (κ3) is 3.07. The molecule has 0 saturated heterocycles. The Balaban J connectivity index is 2.97. The van der Waals surface area contributed by atoms with E-state index in [2.05, 4.69) is 5.32 Å². The Kier molecular flexibility index (Phi) is 5.05. The van der Waals surface area contributed by atoms with Crippen LogP contribution in [0.15, 0.2) is 0 Å². The van der Waals surface area contributed by atoms with Crippen LogP contribution < -0.4 is 11.1 Å². The molecule has 0 spiro atoms. The monoisotopic (exact) mass is 310 g/mol. The molecule has 0 bridgehead atoms. The fourth-order valence-corrected chi connectivity index (χ4v) is 2.80. The maximum Gasteiger partial charge on any atom is 0.411 e. The number of hydrogen-bond acceptors (Lipinski definition) is 2. The summed E-state index contributed by atoms with van der Waals surface area (Å²) < 4.78 is 38.8. The highest BCUT2D eigenvalue weighted by atomic mass is 32.1. The lowest BCUT2D eigenvalue weighted by Gasteiger charge is -2.33. The van der Waals surface area contributed by atoms with Gasteiger partial charge in [0.2, 0.25) is 5.91 Å². The fraction of sp³-hybridized carbons (Fsp3) is 0.846. The number of amides is 1. The Morgan fingerprint density at radius 3 is 1.95 bits per heavy atom. The maximum absolute atomic E-state index is 12.9. The van der Waals surface area contributed by atoms with Gasteiger partial charge in [-0.3, -0.25) is 4.79 Å². The van der Waals surface area contributed by atoms with Crippen molar-refractivity contribution in [1.82, 2.24) is 5.32 Å². The summed E-state index contributed by atoms with van der Waals surface area (Å²) in [5.74, 6) is -0.677. The summed E-state index contributed by atoms with van der Waals surface area (Å²) in [6, 6.07) is 0. The minimum Gasteiger partial charge on any atom is -0.392 e. The Morgan fingerprint density at radius 2 is 1.70 bits per heavy atom. The molecular weight excluding hydrogens is 289 g/mol. The number of nitrogens with one attached hydrogen (secondary N) is 1. The zero-order valence-corrected chi connectivity index (χ0v) is 12.6. The fourth-order valence-electron chi connectivity index (χ4n) is 2.51. The predicted octanol–water partition coefficient (Wildman–Crippen LogP) is 3.07. The van der Waals surface area contributed by atoms with E-state index < -0.39 is 23.0 Å². The maximum atomic E-state index is 12.9. The largest absolute Gasteiger partial charge is 0.411 e. The second-order valence-corrected chi connectivity index (χ2v) is 5.92. The van der Waals surface area contributed by atoms with Gasteiger partial charge in [-0.15, -0.1) is 0 Å². The first-order valence-corrected chi connectivity index (χ1v) is 7.25. The van der Waals surface area contributed by atoms with Crippen LogP contribution in [-0.4, -0.2) is 22.6 Å². The van der Waals surface area contributed by atoms with Crippen LogP contribution in [0.25, 0.3) is 0 Å². The van der Waals surface area contributed by atoms with E-state index in [0.29, 0.717) is 25.7 Å². The number of thiocarbonyl (C=S) groups is 1. The summed E-state index contributed by atoms with van der Waals surface area (Å²) >= 11 is 4.98. The van der Waals surface area contributed by atoms with Gasteiger partial charge in [0, 0.05) is 0 Å². The second kappa shape index (κ2) is 5.87. The lowest BCUT2D eigenvalue weighted by atomic mass is 9.78. The number of alkyl halides is 3. The van der Waals surface area contributed by atoms with E-state index in [-0.39, 0.29) is 17.8 Å². The van der Waals surface area contributed by atoms with Crippen molar-refractivity contribution in [3.63, 3.8) is 0 Å². The van der Waals surface area contributed by atoms with Crippen molar-refractivity contribution >= 4 is 23.1 Å². The molecule has 1 aliphatic rings. The SMILES string of the molecule is CCCC(CCC)(C(=O)NC1(C(F)(F)F)CC1)C(N)=S. The summed E-state index contributed by atoms with van der Waals surface area (Å²) in [5.41, 5.74) is 2.45.